The topological polar surface area (TPSA) is 46.6 Å². The molecule has 29 heavy (non-hydrogen) atoms. The zero-order valence-corrected chi connectivity index (χ0v) is 20.0. The van der Waals surface area contributed by atoms with Gasteiger partial charge in [0.05, 0.1) is 0 Å². The van der Waals surface area contributed by atoms with E-state index >= 15 is 0 Å². The first kappa shape index (κ1) is 21.6. The Balaban J connectivity index is 1.86. The number of carbonyl (C=O) groups excluding carboxylic acids is 2. The van der Waals surface area contributed by atoms with Crippen LogP contribution in [0.25, 0.3) is 0 Å². The molecule has 1 amide bonds. The molecule has 4 nitrogen and oxygen atoms in total. The van der Waals surface area contributed by atoms with Gasteiger partial charge in [-0.25, -0.2) is 0 Å². The summed E-state index contributed by atoms with van der Waals surface area (Å²) in [4.78, 5) is 27.8. The number of likely N-dealkylation sites (tertiary alicyclic amines) is 1. The van der Waals surface area contributed by atoms with Crippen molar-refractivity contribution in [2.24, 2.45) is 5.92 Å². The summed E-state index contributed by atoms with van der Waals surface area (Å²) in [5.74, 6) is 1.10. The SMILES string of the molecule is COc1ccc(C(C(=O)[AsH]c2ccc(C(C)(C)C)cc2)N2CC(C)CC2=O)cc1. The summed E-state index contributed by atoms with van der Waals surface area (Å²) >= 11 is -1.04. The molecular weight excluding hydrogens is 425 g/mol. The predicted octanol–water partition coefficient (Wildman–Crippen LogP) is 3.19. The number of methoxy groups -OCH3 is 1. The van der Waals surface area contributed by atoms with Gasteiger partial charge < -0.3 is 0 Å². The van der Waals surface area contributed by atoms with Gasteiger partial charge in [0.2, 0.25) is 0 Å². The molecule has 3 unspecified atom stereocenters. The van der Waals surface area contributed by atoms with Gasteiger partial charge in [0, 0.05) is 0 Å². The monoisotopic (exact) mass is 455 g/mol. The van der Waals surface area contributed by atoms with Crippen molar-refractivity contribution < 1.29 is 14.3 Å². The van der Waals surface area contributed by atoms with E-state index in [1.165, 1.54) is 5.56 Å². The van der Waals surface area contributed by atoms with Crippen LogP contribution in [0.2, 0.25) is 0 Å². The van der Waals surface area contributed by atoms with Crippen LogP contribution >= 0.6 is 0 Å². The first-order valence-corrected chi connectivity index (χ1v) is 12.1. The Labute approximate surface area is 180 Å². The first-order chi connectivity index (χ1) is 13.7. The summed E-state index contributed by atoms with van der Waals surface area (Å²) < 4.78 is 6.52. The molecule has 0 N–H and O–H groups in total. The molecule has 1 heterocycles. The molecule has 3 rings (SSSR count). The summed E-state index contributed by atoms with van der Waals surface area (Å²) in [7, 11) is 1.62. The maximum absolute atomic E-state index is 13.4. The number of ether oxygens (including phenoxy) is 1. The van der Waals surface area contributed by atoms with Crippen LogP contribution in [-0.4, -0.2) is 44.8 Å². The van der Waals surface area contributed by atoms with Crippen molar-refractivity contribution >= 4 is 30.6 Å². The van der Waals surface area contributed by atoms with Crippen LogP contribution in [0, 0.1) is 5.92 Å². The van der Waals surface area contributed by atoms with E-state index in [1.54, 1.807) is 12.0 Å². The fourth-order valence-corrected chi connectivity index (χ4v) is 5.95. The van der Waals surface area contributed by atoms with E-state index in [9.17, 15) is 9.59 Å². The molecule has 2 aromatic carbocycles. The second kappa shape index (κ2) is 8.75. The van der Waals surface area contributed by atoms with Crippen LogP contribution in [0.1, 0.15) is 51.3 Å². The Morgan fingerprint density at radius 1 is 1.10 bits per heavy atom. The van der Waals surface area contributed by atoms with Crippen LogP contribution in [0.4, 0.5) is 0 Å². The van der Waals surface area contributed by atoms with Gasteiger partial charge in [-0.2, -0.15) is 0 Å². The van der Waals surface area contributed by atoms with Crippen LogP contribution in [0.3, 0.4) is 0 Å². The third kappa shape index (κ3) is 5.11. The molecule has 0 radical (unpaired) electrons. The van der Waals surface area contributed by atoms with Gasteiger partial charge in [-0.15, -0.1) is 0 Å². The van der Waals surface area contributed by atoms with Crippen LogP contribution in [-0.2, 0) is 15.0 Å². The average molecular weight is 455 g/mol. The zero-order chi connectivity index (χ0) is 21.2. The second-order valence-electron chi connectivity index (χ2n) is 8.85. The van der Waals surface area contributed by atoms with Gasteiger partial charge in [0.15, 0.2) is 0 Å². The minimum atomic E-state index is -1.04. The molecule has 1 saturated heterocycles. The number of hydrogen-bond donors (Lipinski definition) is 0. The fourth-order valence-electron chi connectivity index (χ4n) is 3.69. The zero-order valence-electron chi connectivity index (χ0n) is 17.9. The quantitative estimate of drug-likeness (QED) is 0.629. The van der Waals surface area contributed by atoms with Crippen molar-refractivity contribution in [2.45, 2.75) is 45.6 Å². The van der Waals surface area contributed by atoms with Crippen LogP contribution in [0.15, 0.2) is 48.5 Å². The Hall–Kier alpha value is -2.06. The first-order valence-electron chi connectivity index (χ1n) is 10.0. The average Bonchev–Trinajstić information content (AvgIpc) is 3.00. The third-order valence-corrected chi connectivity index (χ3v) is 7.76. The van der Waals surface area contributed by atoms with Crippen molar-refractivity contribution in [2.75, 3.05) is 13.7 Å². The van der Waals surface area contributed by atoms with Crippen molar-refractivity contribution in [3.05, 3.63) is 59.7 Å². The van der Waals surface area contributed by atoms with Gasteiger partial charge in [0.1, 0.15) is 0 Å². The van der Waals surface area contributed by atoms with Gasteiger partial charge in [-0.05, 0) is 0 Å². The van der Waals surface area contributed by atoms with Gasteiger partial charge in [0.25, 0.3) is 0 Å². The second-order valence-corrected chi connectivity index (χ2v) is 11.6. The van der Waals surface area contributed by atoms with E-state index in [-0.39, 0.29) is 21.8 Å². The normalized spacial score (nSPS) is 18.4. The van der Waals surface area contributed by atoms with Gasteiger partial charge >= 0.3 is 180 Å². The molecule has 0 aliphatic carbocycles. The third-order valence-electron chi connectivity index (χ3n) is 5.36. The van der Waals surface area contributed by atoms with Gasteiger partial charge in [-0.1, -0.05) is 0 Å². The number of amides is 1. The van der Waals surface area contributed by atoms with E-state index in [2.05, 4.69) is 52.0 Å². The van der Waals surface area contributed by atoms with Crippen molar-refractivity contribution in [1.29, 1.82) is 0 Å². The van der Waals surface area contributed by atoms with Crippen molar-refractivity contribution in [3.63, 3.8) is 0 Å². The number of benzene rings is 2. The molecule has 3 atom stereocenters. The maximum atomic E-state index is 13.4. The Bertz CT molecular complexity index is 868. The molecule has 2 aromatic rings. The Morgan fingerprint density at radius 3 is 2.21 bits per heavy atom. The van der Waals surface area contributed by atoms with E-state index in [1.807, 2.05) is 24.3 Å². The summed E-state index contributed by atoms with van der Waals surface area (Å²) in [5, 5.41) is 0. The predicted molar refractivity (Wildman–Crippen MR) is 118 cm³/mol. The summed E-state index contributed by atoms with van der Waals surface area (Å²) in [6.07, 6.45) is 0.514. The molecule has 5 heteroatoms. The molecule has 0 aromatic heterocycles. The number of rotatable bonds is 6. The number of carbonyl (C=O) groups is 2. The molecule has 0 saturated carbocycles. The summed E-state index contributed by atoms with van der Waals surface area (Å²) in [5.41, 5.74) is 2.22. The fraction of sp³-hybridized carbons (Fsp3) is 0.417. The molecular formula is C24H30AsNO3. The summed E-state index contributed by atoms with van der Waals surface area (Å²) in [6, 6.07) is 15.4. The van der Waals surface area contributed by atoms with Crippen molar-refractivity contribution in [3.8, 4) is 5.75 Å². The summed E-state index contributed by atoms with van der Waals surface area (Å²) in [6.45, 7) is 9.25. The Morgan fingerprint density at radius 2 is 1.72 bits per heavy atom. The number of nitrogens with zero attached hydrogens (tertiary/aromatic N) is 1. The molecule has 1 aliphatic rings. The molecule has 1 fully saturated rings. The Kier molecular flexibility index (Phi) is 6.53. The number of hydrogen-bond acceptors (Lipinski definition) is 3. The standard InChI is InChI=1S/C24H30AsNO3/c1-16-14-21(27)26(15-16)22(17-6-12-20(29-5)13-7-17)23(28)25-19-10-8-18(9-11-19)24(2,3)4/h6-13,16,22,25H,14-15H2,1-5H3. The molecule has 1 aliphatic heterocycles. The van der Waals surface area contributed by atoms with Crippen LogP contribution < -0.4 is 9.09 Å². The van der Waals surface area contributed by atoms with E-state index in [0.717, 1.165) is 15.7 Å². The molecule has 0 spiro atoms. The molecule has 154 valence electrons. The van der Waals surface area contributed by atoms with Crippen molar-refractivity contribution in [1.82, 2.24) is 4.90 Å². The van der Waals surface area contributed by atoms with Crippen LogP contribution in [0.5, 0.6) is 5.75 Å². The molecule has 0 bridgehead atoms. The minimum absolute atomic E-state index is 0.0707. The van der Waals surface area contributed by atoms with E-state index in [0.29, 0.717) is 13.0 Å². The van der Waals surface area contributed by atoms with Gasteiger partial charge in [-0.3, -0.25) is 0 Å². The van der Waals surface area contributed by atoms with E-state index < -0.39 is 21.8 Å². The van der Waals surface area contributed by atoms with E-state index in [4.69, 9.17) is 4.74 Å².